The maximum absolute atomic E-state index is 6.19. The fourth-order valence-corrected chi connectivity index (χ4v) is 1.86. The van der Waals surface area contributed by atoms with Crippen molar-refractivity contribution in [3.63, 3.8) is 0 Å². The maximum Gasteiger partial charge on any atom is 0.242 e. The van der Waals surface area contributed by atoms with Crippen LogP contribution in [0.3, 0.4) is 0 Å². The fraction of sp³-hybridized carbons (Fsp3) is 0.889. The summed E-state index contributed by atoms with van der Waals surface area (Å²) < 4.78 is 1.58. The predicted octanol–water partition coefficient (Wildman–Crippen LogP) is 1.67. The second-order valence-corrected chi connectivity index (χ2v) is 5.49. The molecule has 0 aliphatic heterocycles. The monoisotopic (exact) mass is 231 g/mol. The van der Waals surface area contributed by atoms with E-state index in [1.54, 1.807) is 11.7 Å². The average molecular weight is 232 g/mol. The lowest BCUT2D eigenvalue weighted by atomic mass is 9.90. The molecule has 5 nitrogen and oxygen atoms in total. The van der Waals surface area contributed by atoms with Gasteiger partial charge >= 0.3 is 0 Å². The first kappa shape index (κ1) is 12.2. The summed E-state index contributed by atoms with van der Waals surface area (Å²) >= 11 is 6.19. The van der Waals surface area contributed by atoms with E-state index in [9.17, 15) is 0 Å². The van der Waals surface area contributed by atoms with Crippen molar-refractivity contribution in [3.05, 3.63) is 0 Å². The van der Waals surface area contributed by atoms with Crippen LogP contribution in [0.15, 0.2) is 0 Å². The number of rotatable bonds is 4. The molecule has 0 fully saturated rings. The van der Waals surface area contributed by atoms with Crippen molar-refractivity contribution in [1.82, 2.24) is 20.2 Å². The Morgan fingerprint density at radius 2 is 2.13 bits per heavy atom. The van der Waals surface area contributed by atoms with Gasteiger partial charge in [0.1, 0.15) is 0 Å². The van der Waals surface area contributed by atoms with Crippen LogP contribution in [0.2, 0.25) is 0 Å². The SMILES string of the molecule is Cn1nnnc1NCC(Cl)CC(C)(C)C. The number of nitrogens with one attached hydrogen (secondary N) is 1. The number of hydrogen-bond acceptors (Lipinski definition) is 4. The van der Waals surface area contributed by atoms with Gasteiger partial charge in [0, 0.05) is 13.6 Å². The smallest absolute Gasteiger partial charge is 0.242 e. The summed E-state index contributed by atoms with van der Waals surface area (Å²) in [4.78, 5) is 0. The Morgan fingerprint density at radius 3 is 2.60 bits per heavy atom. The summed E-state index contributed by atoms with van der Waals surface area (Å²) in [5, 5.41) is 14.3. The highest BCUT2D eigenvalue weighted by Crippen LogP contribution is 2.23. The predicted molar refractivity (Wildman–Crippen MR) is 61.0 cm³/mol. The Hall–Kier alpha value is -0.840. The highest BCUT2D eigenvalue weighted by molar-refractivity contribution is 6.20. The fourth-order valence-electron chi connectivity index (χ4n) is 1.32. The van der Waals surface area contributed by atoms with Gasteiger partial charge in [0.15, 0.2) is 0 Å². The minimum Gasteiger partial charge on any atom is -0.352 e. The third-order valence-corrected chi connectivity index (χ3v) is 2.24. The zero-order chi connectivity index (χ0) is 11.5. The van der Waals surface area contributed by atoms with Gasteiger partial charge in [-0.05, 0) is 22.3 Å². The van der Waals surface area contributed by atoms with Crippen LogP contribution in [0.25, 0.3) is 0 Å². The summed E-state index contributed by atoms with van der Waals surface area (Å²) in [6.45, 7) is 7.19. The molecule has 1 rings (SSSR count). The molecule has 0 saturated carbocycles. The van der Waals surface area contributed by atoms with Crippen molar-refractivity contribution in [2.75, 3.05) is 11.9 Å². The van der Waals surface area contributed by atoms with E-state index in [0.29, 0.717) is 12.5 Å². The lowest BCUT2D eigenvalue weighted by Crippen LogP contribution is -2.22. The highest BCUT2D eigenvalue weighted by Gasteiger charge is 2.17. The van der Waals surface area contributed by atoms with E-state index < -0.39 is 0 Å². The average Bonchev–Trinajstić information content (AvgIpc) is 2.44. The number of aryl methyl sites for hydroxylation is 1. The molecule has 0 aromatic carbocycles. The standard InChI is InChI=1S/C9H18ClN5/c1-9(2,3)5-7(10)6-11-8-12-13-14-15(8)4/h7H,5-6H2,1-4H3,(H,11,12,14). The molecule has 1 aromatic rings. The van der Waals surface area contributed by atoms with Gasteiger partial charge in [0.25, 0.3) is 0 Å². The zero-order valence-corrected chi connectivity index (χ0v) is 10.4. The van der Waals surface area contributed by atoms with Crippen LogP contribution in [-0.2, 0) is 7.05 Å². The number of tetrazole rings is 1. The number of anilines is 1. The molecule has 15 heavy (non-hydrogen) atoms. The van der Waals surface area contributed by atoms with Crippen LogP contribution < -0.4 is 5.32 Å². The van der Waals surface area contributed by atoms with Gasteiger partial charge in [-0.2, -0.15) is 0 Å². The topological polar surface area (TPSA) is 55.6 Å². The molecular weight excluding hydrogens is 214 g/mol. The quantitative estimate of drug-likeness (QED) is 0.801. The molecule has 6 heteroatoms. The van der Waals surface area contributed by atoms with E-state index in [-0.39, 0.29) is 10.8 Å². The number of hydrogen-bond donors (Lipinski definition) is 1. The summed E-state index contributed by atoms with van der Waals surface area (Å²) in [5.74, 6) is 0.648. The molecule has 0 amide bonds. The molecule has 0 aliphatic carbocycles. The molecule has 0 aliphatic rings. The van der Waals surface area contributed by atoms with Gasteiger partial charge in [-0.3, -0.25) is 0 Å². The molecule has 0 bridgehead atoms. The summed E-state index contributed by atoms with van der Waals surface area (Å²) in [6.07, 6.45) is 0.951. The van der Waals surface area contributed by atoms with Crippen LogP contribution in [0.1, 0.15) is 27.2 Å². The number of halogens is 1. The third-order valence-electron chi connectivity index (χ3n) is 1.94. The largest absolute Gasteiger partial charge is 0.352 e. The van der Waals surface area contributed by atoms with E-state index in [1.807, 2.05) is 0 Å². The Kier molecular flexibility index (Phi) is 3.90. The maximum atomic E-state index is 6.19. The second kappa shape index (κ2) is 4.79. The molecular formula is C9H18ClN5. The molecule has 86 valence electrons. The summed E-state index contributed by atoms with van der Waals surface area (Å²) in [6, 6.07) is 0. The Balaban J connectivity index is 2.35. The Labute approximate surface area is 95.2 Å². The first-order valence-electron chi connectivity index (χ1n) is 4.99. The zero-order valence-electron chi connectivity index (χ0n) is 9.66. The van der Waals surface area contributed by atoms with Gasteiger partial charge in [-0.25, -0.2) is 4.68 Å². The van der Waals surface area contributed by atoms with Gasteiger partial charge in [0.05, 0.1) is 5.38 Å². The summed E-state index contributed by atoms with van der Waals surface area (Å²) in [5.41, 5.74) is 0.242. The Bertz CT molecular complexity index is 304. The van der Waals surface area contributed by atoms with Crippen molar-refractivity contribution < 1.29 is 0 Å². The van der Waals surface area contributed by atoms with Gasteiger partial charge in [0.2, 0.25) is 5.95 Å². The molecule has 1 heterocycles. The molecule has 0 radical (unpaired) electrons. The van der Waals surface area contributed by atoms with E-state index in [0.717, 1.165) is 6.42 Å². The van der Waals surface area contributed by atoms with Crippen molar-refractivity contribution in [3.8, 4) is 0 Å². The van der Waals surface area contributed by atoms with E-state index in [4.69, 9.17) is 11.6 Å². The van der Waals surface area contributed by atoms with Crippen molar-refractivity contribution in [1.29, 1.82) is 0 Å². The molecule has 1 unspecified atom stereocenters. The molecule has 0 spiro atoms. The minimum atomic E-state index is 0.0849. The lowest BCUT2D eigenvalue weighted by molar-refractivity contribution is 0.373. The molecule has 0 saturated heterocycles. The molecule has 1 aromatic heterocycles. The number of aromatic nitrogens is 4. The van der Waals surface area contributed by atoms with Crippen molar-refractivity contribution >= 4 is 17.5 Å². The van der Waals surface area contributed by atoms with Crippen LogP contribution in [0.5, 0.6) is 0 Å². The van der Waals surface area contributed by atoms with Crippen molar-refractivity contribution in [2.24, 2.45) is 12.5 Å². The second-order valence-electron chi connectivity index (χ2n) is 4.87. The van der Waals surface area contributed by atoms with Gasteiger partial charge < -0.3 is 5.32 Å². The summed E-state index contributed by atoms with van der Waals surface area (Å²) in [7, 11) is 1.79. The van der Waals surface area contributed by atoms with E-state index in [2.05, 4.69) is 41.6 Å². The third kappa shape index (κ3) is 4.46. The van der Waals surface area contributed by atoms with E-state index in [1.165, 1.54) is 0 Å². The number of nitrogens with zero attached hydrogens (tertiary/aromatic N) is 4. The van der Waals surface area contributed by atoms with E-state index >= 15 is 0 Å². The van der Waals surface area contributed by atoms with Crippen LogP contribution in [-0.4, -0.2) is 32.1 Å². The van der Waals surface area contributed by atoms with Gasteiger partial charge in [-0.15, -0.1) is 11.6 Å². The first-order valence-corrected chi connectivity index (χ1v) is 5.42. The first-order chi connectivity index (χ1) is 6.88. The van der Waals surface area contributed by atoms with Crippen molar-refractivity contribution in [2.45, 2.75) is 32.6 Å². The van der Waals surface area contributed by atoms with Crippen LogP contribution >= 0.6 is 11.6 Å². The molecule has 1 N–H and O–H groups in total. The molecule has 1 atom stereocenters. The van der Waals surface area contributed by atoms with Gasteiger partial charge in [-0.1, -0.05) is 25.9 Å². The van der Waals surface area contributed by atoms with Crippen LogP contribution in [0, 0.1) is 5.41 Å². The number of alkyl halides is 1. The Morgan fingerprint density at radius 1 is 1.47 bits per heavy atom. The van der Waals surface area contributed by atoms with Crippen LogP contribution in [0.4, 0.5) is 5.95 Å². The lowest BCUT2D eigenvalue weighted by Gasteiger charge is -2.21. The normalized spacial score (nSPS) is 13.9. The highest BCUT2D eigenvalue weighted by atomic mass is 35.5. The minimum absolute atomic E-state index is 0.0849.